The summed E-state index contributed by atoms with van der Waals surface area (Å²) in [6.45, 7) is 3.17. The number of hydrogen-bond donors (Lipinski definition) is 2. The van der Waals surface area contributed by atoms with Crippen molar-refractivity contribution in [3.63, 3.8) is 0 Å². The zero-order chi connectivity index (χ0) is 12.4. The quantitative estimate of drug-likeness (QED) is 0.856. The van der Waals surface area contributed by atoms with E-state index in [4.69, 9.17) is 5.73 Å². The second-order valence-corrected chi connectivity index (χ2v) is 5.65. The molecule has 3 rings (SSSR count). The van der Waals surface area contributed by atoms with Gasteiger partial charge >= 0.3 is 0 Å². The number of benzene rings is 1. The Balaban J connectivity index is 1.82. The lowest BCUT2D eigenvalue weighted by Gasteiger charge is -2.41. The Morgan fingerprint density at radius 2 is 2.06 bits per heavy atom. The summed E-state index contributed by atoms with van der Waals surface area (Å²) in [6, 6.07) is 11.1. The average Bonchev–Trinajstić information content (AvgIpc) is 2.80. The van der Waals surface area contributed by atoms with Crippen molar-refractivity contribution in [3.8, 4) is 0 Å². The zero-order valence-corrected chi connectivity index (χ0v) is 10.9. The summed E-state index contributed by atoms with van der Waals surface area (Å²) < 4.78 is 0. The van der Waals surface area contributed by atoms with E-state index in [9.17, 15) is 0 Å². The van der Waals surface area contributed by atoms with Gasteiger partial charge in [-0.25, -0.2) is 0 Å². The number of nitrogens with one attached hydrogen (secondary N) is 1. The van der Waals surface area contributed by atoms with E-state index in [0.29, 0.717) is 6.04 Å². The molecule has 0 aliphatic carbocycles. The fourth-order valence-electron chi connectivity index (χ4n) is 3.64. The minimum absolute atomic E-state index is 0.0851. The van der Waals surface area contributed by atoms with Crippen LogP contribution < -0.4 is 11.1 Å². The van der Waals surface area contributed by atoms with E-state index in [2.05, 4.69) is 40.5 Å². The topological polar surface area (TPSA) is 41.3 Å². The molecule has 1 aromatic carbocycles. The van der Waals surface area contributed by atoms with Crippen molar-refractivity contribution in [3.05, 3.63) is 30.3 Å². The molecule has 2 unspecified atom stereocenters. The zero-order valence-electron chi connectivity index (χ0n) is 10.9. The summed E-state index contributed by atoms with van der Waals surface area (Å²) in [7, 11) is 0. The van der Waals surface area contributed by atoms with Gasteiger partial charge < -0.3 is 11.1 Å². The number of nitrogens with zero attached hydrogens (tertiary/aromatic N) is 1. The Morgan fingerprint density at radius 3 is 2.83 bits per heavy atom. The average molecular weight is 245 g/mol. The van der Waals surface area contributed by atoms with Crippen molar-refractivity contribution in [1.29, 1.82) is 0 Å². The molecule has 98 valence electrons. The lowest BCUT2D eigenvalue weighted by Crippen LogP contribution is -2.56. The fourth-order valence-corrected chi connectivity index (χ4v) is 3.64. The summed E-state index contributed by atoms with van der Waals surface area (Å²) >= 11 is 0. The summed E-state index contributed by atoms with van der Waals surface area (Å²) in [5, 5.41) is 3.74. The number of anilines is 1. The van der Waals surface area contributed by atoms with E-state index < -0.39 is 0 Å². The molecule has 18 heavy (non-hydrogen) atoms. The molecule has 1 aromatic rings. The summed E-state index contributed by atoms with van der Waals surface area (Å²) in [5.41, 5.74) is 7.42. The molecule has 0 aromatic heterocycles. The Hall–Kier alpha value is -1.06. The van der Waals surface area contributed by atoms with Crippen LogP contribution in [0.15, 0.2) is 30.3 Å². The van der Waals surface area contributed by atoms with Crippen LogP contribution in [-0.2, 0) is 0 Å². The lowest BCUT2D eigenvalue weighted by atomic mass is 9.85. The van der Waals surface area contributed by atoms with Gasteiger partial charge in [0, 0.05) is 24.8 Å². The summed E-state index contributed by atoms with van der Waals surface area (Å²) in [4.78, 5) is 2.63. The molecule has 3 nitrogen and oxygen atoms in total. The SMILES string of the molecule is NCC1(Nc2ccccc2)CCN2CCCCC21. The van der Waals surface area contributed by atoms with Crippen LogP contribution in [0.2, 0.25) is 0 Å². The van der Waals surface area contributed by atoms with Gasteiger partial charge in [0.05, 0.1) is 5.54 Å². The molecule has 2 saturated heterocycles. The highest BCUT2D eigenvalue weighted by molar-refractivity contribution is 5.46. The van der Waals surface area contributed by atoms with Gasteiger partial charge in [0.15, 0.2) is 0 Å². The molecule has 0 spiro atoms. The van der Waals surface area contributed by atoms with Gasteiger partial charge in [0.25, 0.3) is 0 Å². The third kappa shape index (κ3) is 2.02. The van der Waals surface area contributed by atoms with Crippen LogP contribution in [-0.4, -0.2) is 36.1 Å². The smallest absolute Gasteiger partial charge is 0.0662 e. The van der Waals surface area contributed by atoms with Gasteiger partial charge in [0.2, 0.25) is 0 Å². The summed E-state index contributed by atoms with van der Waals surface area (Å²) in [5.74, 6) is 0. The van der Waals surface area contributed by atoms with E-state index in [-0.39, 0.29) is 5.54 Å². The minimum atomic E-state index is 0.0851. The maximum absolute atomic E-state index is 6.13. The second kappa shape index (κ2) is 4.90. The van der Waals surface area contributed by atoms with Crippen LogP contribution in [0.25, 0.3) is 0 Å². The molecule has 2 atom stereocenters. The number of para-hydroxylation sites is 1. The van der Waals surface area contributed by atoms with Crippen LogP contribution in [0.1, 0.15) is 25.7 Å². The molecule has 0 bridgehead atoms. The van der Waals surface area contributed by atoms with Crippen LogP contribution in [0.4, 0.5) is 5.69 Å². The molecule has 0 saturated carbocycles. The Labute approximate surface area is 109 Å². The maximum Gasteiger partial charge on any atom is 0.0662 e. The maximum atomic E-state index is 6.13. The highest BCUT2D eigenvalue weighted by atomic mass is 15.3. The van der Waals surface area contributed by atoms with E-state index in [0.717, 1.165) is 6.54 Å². The summed E-state index contributed by atoms with van der Waals surface area (Å²) in [6.07, 6.45) is 5.15. The molecule has 2 aliphatic rings. The van der Waals surface area contributed by atoms with Crippen LogP contribution in [0.3, 0.4) is 0 Å². The first-order chi connectivity index (χ1) is 8.84. The first kappa shape index (κ1) is 12.0. The molecule has 0 amide bonds. The van der Waals surface area contributed by atoms with E-state index >= 15 is 0 Å². The lowest BCUT2D eigenvalue weighted by molar-refractivity contribution is 0.167. The number of rotatable bonds is 3. The third-order valence-corrected chi connectivity index (χ3v) is 4.63. The van der Waals surface area contributed by atoms with Gasteiger partial charge in [-0.05, 0) is 37.9 Å². The predicted octanol–water partition coefficient (Wildman–Crippen LogP) is 2.05. The monoisotopic (exact) mass is 245 g/mol. The molecule has 3 heteroatoms. The number of fused-ring (bicyclic) bond motifs is 1. The van der Waals surface area contributed by atoms with Gasteiger partial charge in [-0.2, -0.15) is 0 Å². The Morgan fingerprint density at radius 1 is 1.22 bits per heavy atom. The molecule has 0 radical (unpaired) electrons. The number of piperidine rings is 1. The minimum Gasteiger partial charge on any atom is -0.377 e. The van der Waals surface area contributed by atoms with Crippen molar-refractivity contribution in [2.45, 2.75) is 37.3 Å². The van der Waals surface area contributed by atoms with Gasteiger partial charge in [-0.3, -0.25) is 4.90 Å². The van der Waals surface area contributed by atoms with Gasteiger partial charge in [-0.15, -0.1) is 0 Å². The van der Waals surface area contributed by atoms with Crippen LogP contribution in [0, 0.1) is 0 Å². The predicted molar refractivity (Wildman–Crippen MR) is 75.7 cm³/mol. The normalized spacial score (nSPS) is 32.2. The molecule has 2 fully saturated rings. The van der Waals surface area contributed by atoms with Crippen molar-refractivity contribution in [2.75, 3.05) is 25.0 Å². The fraction of sp³-hybridized carbons (Fsp3) is 0.600. The van der Waals surface area contributed by atoms with Crippen molar-refractivity contribution in [1.82, 2.24) is 4.90 Å². The van der Waals surface area contributed by atoms with Crippen molar-refractivity contribution < 1.29 is 0 Å². The van der Waals surface area contributed by atoms with Crippen molar-refractivity contribution >= 4 is 5.69 Å². The number of hydrogen-bond acceptors (Lipinski definition) is 3. The second-order valence-electron chi connectivity index (χ2n) is 5.65. The Kier molecular flexibility index (Phi) is 3.27. The van der Waals surface area contributed by atoms with Gasteiger partial charge in [-0.1, -0.05) is 24.6 Å². The van der Waals surface area contributed by atoms with Crippen molar-refractivity contribution in [2.24, 2.45) is 5.73 Å². The van der Waals surface area contributed by atoms with Gasteiger partial charge in [0.1, 0.15) is 0 Å². The largest absolute Gasteiger partial charge is 0.377 e. The molecule has 3 N–H and O–H groups in total. The first-order valence-electron chi connectivity index (χ1n) is 7.11. The first-order valence-corrected chi connectivity index (χ1v) is 7.11. The van der Waals surface area contributed by atoms with E-state index in [1.807, 2.05) is 0 Å². The van der Waals surface area contributed by atoms with E-state index in [1.54, 1.807) is 0 Å². The van der Waals surface area contributed by atoms with Crippen LogP contribution >= 0.6 is 0 Å². The van der Waals surface area contributed by atoms with Crippen LogP contribution in [0.5, 0.6) is 0 Å². The Bertz CT molecular complexity index is 392. The molecule has 2 heterocycles. The highest BCUT2D eigenvalue weighted by Gasteiger charge is 2.46. The standard InChI is InChI=1S/C15H23N3/c16-12-15(17-13-6-2-1-3-7-13)9-11-18-10-5-4-8-14(15)18/h1-3,6-7,14,17H,4-5,8-12,16H2. The third-order valence-electron chi connectivity index (χ3n) is 4.63. The molecule has 2 aliphatic heterocycles. The molecular weight excluding hydrogens is 222 g/mol. The highest BCUT2D eigenvalue weighted by Crippen LogP contribution is 2.36. The van der Waals surface area contributed by atoms with E-state index in [1.165, 1.54) is 44.5 Å². The molecular formula is C15H23N3. The number of nitrogens with two attached hydrogens (primary N) is 1.